The third kappa shape index (κ3) is 3.81. The number of aromatic nitrogens is 1. The van der Waals surface area contributed by atoms with Crippen molar-refractivity contribution < 1.29 is 4.39 Å². The lowest BCUT2D eigenvalue weighted by Crippen LogP contribution is -2.25. The van der Waals surface area contributed by atoms with Gasteiger partial charge in [0.2, 0.25) is 0 Å². The highest BCUT2D eigenvalue weighted by Crippen LogP contribution is 2.39. The molecular weight excluding hydrogens is 339 g/mol. The van der Waals surface area contributed by atoms with Crippen LogP contribution in [0.15, 0.2) is 52.1 Å². The molecule has 0 spiro atoms. The summed E-state index contributed by atoms with van der Waals surface area (Å²) in [6, 6.07) is 10.4. The van der Waals surface area contributed by atoms with Gasteiger partial charge in [0.25, 0.3) is 0 Å². The standard InChI is InChI=1S/C15H16BrFN2S/c1-2-13(18)14(10-5-3-6-11(17)9-10)20-15-12(16)7-4-8-19-15/h3-9,13-14H,2,18H2,1H3. The normalized spacial score (nSPS) is 14.0. The fourth-order valence-electron chi connectivity index (χ4n) is 1.88. The first-order valence-corrected chi connectivity index (χ1v) is 8.07. The minimum Gasteiger partial charge on any atom is -0.326 e. The Kier molecular flexibility index (Phi) is 5.57. The van der Waals surface area contributed by atoms with Crippen LogP contribution >= 0.6 is 27.7 Å². The molecule has 2 nitrogen and oxygen atoms in total. The Balaban J connectivity index is 2.31. The number of benzene rings is 1. The van der Waals surface area contributed by atoms with Crippen molar-refractivity contribution in [1.82, 2.24) is 4.98 Å². The predicted molar refractivity (Wildman–Crippen MR) is 85.2 cm³/mol. The van der Waals surface area contributed by atoms with E-state index in [1.807, 2.05) is 25.1 Å². The van der Waals surface area contributed by atoms with E-state index in [0.29, 0.717) is 0 Å². The minimum atomic E-state index is -0.239. The Bertz CT molecular complexity index is 579. The van der Waals surface area contributed by atoms with Gasteiger partial charge in [0.05, 0.1) is 5.25 Å². The molecule has 1 heterocycles. The Morgan fingerprint density at radius 2 is 2.15 bits per heavy atom. The van der Waals surface area contributed by atoms with Gasteiger partial charge in [0, 0.05) is 16.7 Å². The van der Waals surface area contributed by atoms with Crippen LogP contribution < -0.4 is 5.73 Å². The summed E-state index contributed by atoms with van der Waals surface area (Å²) < 4.78 is 14.4. The first kappa shape index (κ1) is 15.5. The highest BCUT2D eigenvalue weighted by molar-refractivity contribution is 9.10. The fourth-order valence-corrected chi connectivity index (χ4v) is 3.61. The van der Waals surface area contributed by atoms with Crippen LogP contribution in [-0.4, -0.2) is 11.0 Å². The van der Waals surface area contributed by atoms with E-state index in [-0.39, 0.29) is 17.1 Å². The quantitative estimate of drug-likeness (QED) is 0.800. The topological polar surface area (TPSA) is 38.9 Å². The van der Waals surface area contributed by atoms with E-state index in [2.05, 4.69) is 20.9 Å². The van der Waals surface area contributed by atoms with Crippen LogP contribution in [0.5, 0.6) is 0 Å². The Morgan fingerprint density at radius 1 is 1.35 bits per heavy atom. The number of pyridine rings is 1. The molecule has 5 heteroatoms. The molecule has 2 unspecified atom stereocenters. The molecule has 0 bridgehead atoms. The Labute approximate surface area is 131 Å². The van der Waals surface area contributed by atoms with Crippen LogP contribution in [0.2, 0.25) is 0 Å². The van der Waals surface area contributed by atoms with E-state index in [0.717, 1.165) is 21.5 Å². The lowest BCUT2D eigenvalue weighted by molar-refractivity contribution is 0.609. The van der Waals surface area contributed by atoms with Crippen LogP contribution in [0.3, 0.4) is 0 Å². The molecule has 0 fully saturated rings. The molecule has 2 N–H and O–H groups in total. The number of hydrogen-bond acceptors (Lipinski definition) is 3. The van der Waals surface area contributed by atoms with Gasteiger partial charge in [-0.1, -0.05) is 30.8 Å². The summed E-state index contributed by atoms with van der Waals surface area (Å²) in [5.74, 6) is -0.239. The van der Waals surface area contributed by atoms with Crippen LogP contribution in [0.25, 0.3) is 0 Å². The maximum absolute atomic E-state index is 13.4. The van der Waals surface area contributed by atoms with Crippen LogP contribution in [-0.2, 0) is 0 Å². The molecular formula is C15H16BrFN2S. The van der Waals surface area contributed by atoms with E-state index in [9.17, 15) is 4.39 Å². The molecule has 0 saturated heterocycles. The SMILES string of the molecule is CCC(N)C(Sc1ncccc1Br)c1cccc(F)c1. The molecule has 106 valence electrons. The second-order valence-corrected chi connectivity index (χ2v) is 6.44. The van der Waals surface area contributed by atoms with E-state index in [1.165, 1.54) is 6.07 Å². The molecule has 2 atom stereocenters. The third-order valence-corrected chi connectivity index (χ3v) is 5.33. The molecule has 1 aromatic heterocycles. The smallest absolute Gasteiger partial charge is 0.123 e. The van der Waals surface area contributed by atoms with Crippen molar-refractivity contribution in [3.05, 3.63) is 58.4 Å². The van der Waals surface area contributed by atoms with Gasteiger partial charge in [0.1, 0.15) is 10.8 Å². The summed E-state index contributed by atoms with van der Waals surface area (Å²) >= 11 is 5.04. The van der Waals surface area contributed by atoms with E-state index in [1.54, 1.807) is 30.1 Å². The van der Waals surface area contributed by atoms with E-state index < -0.39 is 0 Å². The van der Waals surface area contributed by atoms with Crippen LogP contribution in [0, 0.1) is 5.82 Å². The first-order chi connectivity index (χ1) is 9.61. The van der Waals surface area contributed by atoms with Crippen LogP contribution in [0.4, 0.5) is 4.39 Å². The van der Waals surface area contributed by atoms with Gasteiger partial charge in [-0.2, -0.15) is 0 Å². The van der Waals surface area contributed by atoms with Gasteiger partial charge < -0.3 is 5.73 Å². The summed E-state index contributed by atoms with van der Waals surface area (Å²) in [5, 5.41) is 0.840. The van der Waals surface area contributed by atoms with Crippen molar-refractivity contribution >= 4 is 27.7 Å². The number of rotatable bonds is 5. The zero-order valence-electron chi connectivity index (χ0n) is 11.1. The monoisotopic (exact) mass is 354 g/mol. The van der Waals surface area contributed by atoms with E-state index in [4.69, 9.17) is 5.73 Å². The summed E-state index contributed by atoms with van der Waals surface area (Å²) in [6.45, 7) is 2.03. The maximum Gasteiger partial charge on any atom is 0.123 e. The van der Waals surface area contributed by atoms with Crippen molar-refractivity contribution in [2.24, 2.45) is 5.73 Å². The van der Waals surface area contributed by atoms with Crippen molar-refractivity contribution in [2.45, 2.75) is 29.7 Å². The highest BCUT2D eigenvalue weighted by Gasteiger charge is 2.22. The number of halogens is 2. The first-order valence-electron chi connectivity index (χ1n) is 6.40. The van der Waals surface area contributed by atoms with Gasteiger partial charge >= 0.3 is 0 Å². The van der Waals surface area contributed by atoms with Crippen molar-refractivity contribution in [3.8, 4) is 0 Å². The van der Waals surface area contributed by atoms with Gasteiger partial charge in [0.15, 0.2) is 0 Å². The van der Waals surface area contributed by atoms with Gasteiger partial charge in [-0.25, -0.2) is 9.37 Å². The molecule has 20 heavy (non-hydrogen) atoms. The molecule has 0 saturated carbocycles. The maximum atomic E-state index is 13.4. The third-order valence-electron chi connectivity index (χ3n) is 3.00. The predicted octanol–water partition coefficient (Wildman–Crippen LogP) is 4.55. The molecule has 0 amide bonds. The zero-order valence-corrected chi connectivity index (χ0v) is 13.5. The molecule has 0 aliphatic carbocycles. The molecule has 1 aromatic carbocycles. The van der Waals surface area contributed by atoms with Crippen molar-refractivity contribution in [2.75, 3.05) is 0 Å². The number of hydrogen-bond donors (Lipinski definition) is 1. The summed E-state index contributed by atoms with van der Waals surface area (Å²) in [5.41, 5.74) is 7.10. The molecule has 2 aromatic rings. The number of nitrogens with zero attached hydrogens (tertiary/aromatic N) is 1. The fraction of sp³-hybridized carbons (Fsp3) is 0.267. The minimum absolute atomic E-state index is 0.0260. The van der Waals surface area contributed by atoms with Gasteiger partial charge in [-0.15, -0.1) is 0 Å². The Morgan fingerprint density at radius 3 is 2.80 bits per heavy atom. The lowest BCUT2D eigenvalue weighted by atomic mass is 10.0. The van der Waals surface area contributed by atoms with E-state index >= 15 is 0 Å². The average Bonchev–Trinajstić information content (AvgIpc) is 2.45. The molecule has 0 radical (unpaired) electrons. The average molecular weight is 355 g/mol. The van der Waals surface area contributed by atoms with Crippen molar-refractivity contribution in [1.29, 1.82) is 0 Å². The van der Waals surface area contributed by atoms with Crippen molar-refractivity contribution in [3.63, 3.8) is 0 Å². The lowest BCUT2D eigenvalue weighted by Gasteiger charge is -2.23. The number of nitrogens with two attached hydrogens (primary N) is 1. The van der Waals surface area contributed by atoms with Crippen LogP contribution in [0.1, 0.15) is 24.2 Å². The molecule has 2 rings (SSSR count). The largest absolute Gasteiger partial charge is 0.326 e. The van der Waals surface area contributed by atoms with Gasteiger partial charge in [-0.05, 0) is 52.2 Å². The highest BCUT2D eigenvalue weighted by atomic mass is 79.9. The number of thioether (sulfide) groups is 1. The molecule has 0 aliphatic heterocycles. The second kappa shape index (κ2) is 7.20. The summed E-state index contributed by atoms with van der Waals surface area (Å²) in [4.78, 5) is 4.35. The van der Waals surface area contributed by atoms with Gasteiger partial charge in [-0.3, -0.25) is 0 Å². The summed E-state index contributed by atoms with van der Waals surface area (Å²) in [6.07, 6.45) is 2.56. The second-order valence-electron chi connectivity index (χ2n) is 4.46. The summed E-state index contributed by atoms with van der Waals surface area (Å²) in [7, 11) is 0. The zero-order chi connectivity index (χ0) is 14.5. The molecule has 0 aliphatic rings. The Hall–Kier alpha value is -0.910.